The Morgan fingerprint density at radius 2 is 1.09 bits per heavy atom. The fourth-order valence-electron chi connectivity index (χ4n) is 10.6. The Hall–Kier alpha value is -6.38. The van der Waals surface area contributed by atoms with E-state index in [1.165, 1.54) is 95.3 Å². The van der Waals surface area contributed by atoms with Crippen LogP contribution < -0.4 is 9.80 Å². The first kappa shape index (κ1) is 33.0. The van der Waals surface area contributed by atoms with Crippen molar-refractivity contribution in [1.29, 1.82) is 0 Å². The molecule has 11 rings (SSSR count). The van der Waals surface area contributed by atoms with E-state index in [2.05, 4.69) is 213 Å². The van der Waals surface area contributed by atoms with Crippen LogP contribution in [0.15, 0.2) is 187 Å². The summed E-state index contributed by atoms with van der Waals surface area (Å²) in [6.45, 7) is 9.56. The first-order valence-corrected chi connectivity index (χ1v) is 20.1. The molecule has 3 aliphatic carbocycles. The molecule has 1 unspecified atom stereocenters. The van der Waals surface area contributed by atoms with Crippen molar-refractivity contribution in [2.45, 2.75) is 50.9 Å². The monoisotopic (exact) mass is 720 g/mol. The average Bonchev–Trinajstić information content (AvgIpc) is 3.79. The third-order valence-corrected chi connectivity index (χ3v) is 13.1. The van der Waals surface area contributed by atoms with Gasteiger partial charge in [0.05, 0.1) is 11.4 Å². The number of para-hydroxylation sites is 3. The molecule has 0 amide bonds. The molecule has 0 aromatic heterocycles. The molecule has 0 N–H and O–H groups in total. The van der Waals surface area contributed by atoms with E-state index in [9.17, 15) is 0 Å². The van der Waals surface area contributed by atoms with Crippen LogP contribution in [0, 0.1) is 0 Å². The van der Waals surface area contributed by atoms with Crippen LogP contribution in [0.25, 0.3) is 33.4 Å². The van der Waals surface area contributed by atoms with E-state index in [4.69, 9.17) is 0 Å². The molecule has 7 aromatic carbocycles. The van der Waals surface area contributed by atoms with Crippen LogP contribution in [0.3, 0.4) is 0 Å². The van der Waals surface area contributed by atoms with E-state index < -0.39 is 0 Å². The standard InChI is InChI=1S/C54H44N2/c1-53(2)45-27-13-9-23-43(45)51-41(24-16-28-46(51)53)39-22-11-15-30-48(39)56(49-31-17-25-42-37-20-8-12-26-44(37)54(3,4)52(42)49)36-32-33-40-38-21-10-14-29-47(38)55(50(40)34-36)35-18-6-5-7-19-35/h5-32,34,40H,33H2,1-4H3. The normalized spacial score (nSPS) is 17.5. The van der Waals surface area contributed by atoms with Gasteiger partial charge in [-0.15, -0.1) is 0 Å². The molecule has 0 spiro atoms. The maximum atomic E-state index is 2.60. The molecule has 1 atom stereocenters. The first-order chi connectivity index (χ1) is 27.3. The summed E-state index contributed by atoms with van der Waals surface area (Å²) in [6.07, 6.45) is 5.90. The summed E-state index contributed by atoms with van der Waals surface area (Å²) in [6, 6.07) is 60.9. The van der Waals surface area contributed by atoms with E-state index in [1.807, 2.05) is 0 Å². The van der Waals surface area contributed by atoms with Crippen LogP contribution in [-0.4, -0.2) is 0 Å². The Balaban J connectivity index is 1.17. The molecule has 2 heteroatoms. The lowest BCUT2D eigenvalue weighted by molar-refractivity contribution is 0.660. The Morgan fingerprint density at radius 1 is 0.500 bits per heavy atom. The van der Waals surface area contributed by atoms with E-state index in [0.29, 0.717) is 0 Å². The van der Waals surface area contributed by atoms with Crippen LogP contribution in [0.2, 0.25) is 0 Å². The average molecular weight is 721 g/mol. The van der Waals surface area contributed by atoms with Crippen molar-refractivity contribution in [1.82, 2.24) is 0 Å². The number of allylic oxidation sites excluding steroid dienone is 3. The largest absolute Gasteiger partial charge is 0.313 e. The van der Waals surface area contributed by atoms with Crippen LogP contribution >= 0.6 is 0 Å². The van der Waals surface area contributed by atoms with E-state index >= 15 is 0 Å². The van der Waals surface area contributed by atoms with Crippen molar-refractivity contribution in [3.8, 4) is 33.4 Å². The third kappa shape index (κ3) is 4.56. The zero-order valence-electron chi connectivity index (χ0n) is 32.4. The summed E-state index contributed by atoms with van der Waals surface area (Å²) >= 11 is 0. The lowest BCUT2D eigenvalue weighted by Gasteiger charge is -2.36. The molecule has 0 bridgehead atoms. The summed E-state index contributed by atoms with van der Waals surface area (Å²) in [5.74, 6) is 0.283. The predicted octanol–water partition coefficient (Wildman–Crippen LogP) is 14.2. The fraction of sp³-hybridized carbons (Fsp3) is 0.148. The summed E-state index contributed by atoms with van der Waals surface area (Å²) in [5.41, 5.74) is 21.9. The quantitative estimate of drug-likeness (QED) is 0.175. The molecule has 270 valence electrons. The minimum atomic E-state index is -0.197. The Bertz CT molecular complexity index is 2800. The second-order valence-electron chi connectivity index (χ2n) is 16.8. The Kier molecular flexibility index (Phi) is 7.11. The van der Waals surface area contributed by atoms with Crippen molar-refractivity contribution < 1.29 is 0 Å². The molecule has 0 fully saturated rings. The highest BCUT2D eigenvalue weighted by Gasteiger charge is 2.42. The van der Waals surface area contributed by atoms with Crippen LogP contribution in [-0.2, 0) is 10.8 Å². The fourth-order valence-corrected chi connectivity index (χ4v) is 10.6. The van der Waals surface area contributed by atoms with Crippen molar-refractivity contribution in [3.63, 3.8) is 0 Å². The van der Waals surface area contributed by atoms with E-state index in [-0.39, 0.29) is 16.7 Å². The van der Waals surface area contributed by atoms with Gasteiger partial charge in [-0.1, -0.05) is 167 Å². The SMILES string of the molecule is CC1(C)c2ccccc2-c2c(-c3ccccc3N(C3=CCC4C(=C3)N(c3ccccc3)c3ccccc34)c3cccc4c3C(C)(C)c3ccccc3-4)cccc21. The molecule has 2 nitrogen and oxygen atoms in total. The molecule has 1 heterocycles. The zero-order valence-corrected chi connectivity index (χ0v) is 32.4. The van der Waals surface area contributed by atoms with Gasteiger partial charge in [-0.05, 0) is 98.5 Å². The first-order valence-electron chi connectivity index (χ1n) is 20.1. The molecule has 0 saturated heterocycles. The highest BCUT2D eigenvalue weighted by molar-refractivity contribution is 5.99. The van der Waals surface area contributed by atoms with Gasteiger partial charge in [0, 0.05) is 45.1 Å². The van der Waals surface area contributed by atoms with Crippen LogP contribution in [0.4, 0.5) is 22.7 Å². The molecule has 4 aliphatic rings. The highest BCUT2D eigenvalue weighted by atomic mass is 15.2. The minimum absolute atomic E-state index is 0.0870. The minimum Gasteiger partial charge on any atom is -0.313 e. The number of hydrogen-bond acceptors (Lipinski definition) is 2. The van der Waals surface area contributed by atoms with Crippen LogP contribution in [0.1, 0.15) is 67.9 Å². The Labute approximate surface area is 330 Å². The molecule has 7 aromatic rings. The van der Waals surface area contributed by atoms with Gasteiger partial charge in [0.25, 0.3) is 0 Å². The summed E-state index contributed by atoms with van der Waals surface area (Å²) in [7, 11) is 0. The molecular weight excluding hydrogens is 677 g/mol. The maximum Gasteiger partial charge on any atom is 0.0540 e. The number of benzene rings is 7. The van der Waals surface area contributed by atoms with Gasteiger partial charge < -0.3 is 9.80 Å². The van der Waals surface area contributed by atoms with Gasteiger partial charge in [-0.25, -0.2) is 0 Å². The van der Waals surface area contributed by atoms with Crippen molar-refractivity contribution in [3.05, 3.63) is 215 Å². The van der Waals surface area contributed by atoms with Gasteiger partial charge in [0.15, 0.2) is 0 Å². The predicted molar refractivity (Wildman–Crippen MR) is 234 cm³/mol. The topological polar surface area (TPSA) is 6.48 Å². The van der Waals surface area contributed by atoms with Gasteiger partial charge in [-0.3, -0.25) is 0 Å². The lowest BCUT2D eigenvalue weighted by atomic mass is 9.80. The zero-order chi connectivity index (χ0) is 37.8. The number of anilines is 4. The molecule has 56 heavy (non-hydrogen) atoms. The number of fused-ring (bicyclic) bond motifs is 9. The van der Waals surface area contributed by atoms with Gasteiger partial charge >= 0.3 is 0 Å². The number of nitrogens with zero attached hydrogens (tertiary/aromatic N) is 2. The number of rotatable bonds is 5. The molecular formula is C54H44N2. The Morgan fingerprint density at radius 3 is 1.91 bits per heavy atom. The molecule has 1 aliphatic heterocycles. The van der Waals surface area contributed by atoms with Crippen LogP contribution in [0.5, 0.6) is 0 Å². The second-order valence-corrected chi connectivity index (χ2v) is 16.8. The van der Waals surface area contributed by atoms with Gasteiger partial charge in [-0.2, -0.15) is 0 Å². The number of hydrogen-bond donors (Lipinski definition) is 0. The smallest absolute Gasteiger partial charge is 0.0540 e. The van der Waals surface area contributed by atoms with Gasteiger partial charge in [0.1, 0.15) is 0 Å². The van der Waals surface area contributed by atoms with E-state index in [1.54, 1.807) is 0 Å². The molecule has 0 saturated carbocycles. The third-order valence-electron chi connectivity index (χ3n) is 13.1. The summed E-state index contributed by atoms with van der Waals surface area (Å²) in [5, 5.41) is 0. The van der Waals surface area contributed by atoms with Gasteiger partial charge in [0.2, 0.25) is 0 Å². The summed E-state index contributed by atoms with van der Waals surface area (Å²) in [4.78, 5) is 5.10. The lowest BCUT2D eigenvalue weighted by Crippen LogP contribution is -2.25. The van der Waals surface area contributed by atoms with Crippen molar-refractivity contribution >= 4 is 22.7 Å². The molecule has 0 radical (unpaired) electrons. The van der Waals surface area contributed by atoms with E-state index in [0.717, 1.165) is 6.42 Å². The van der Waals surface area contributed by atoms with Crippen molar-refractivity contribution in [2.24, 2.45) is 0 Å². The van der Waals surface area contributed by atoms with Crippen molar-refractivity contribution in [2.75, 3.05) is 9.80 Å². The maximum absolute atomic E-state index is 2.60. The second kappa shape index (κ2) is 12.1. The highest BCUT2D eigenvalue weighted by Crippen LogP contribution is 2.58. The summed E-state index contributed by atoms with van der Waals surface area (Å²) < 4.78 is 0.